The van der Waals surface area contributed by atoms with Gasteiger partial charge in [0.1, 0.15) is 23.0 Å². The van der Waals surface area contributed by atoms with Crippen molar-refractivity contribution in [3.63, 3.8) is 0 Å². The molecule has 0 aliphatic carbocycles. The summed E-state index contributed by atoms with van der Waals surface area (Å²) in [5, 5.41) is 2.52. The molecule has 1 fully saturated rings. The van der Waals surface area contributed by atoms with Crippen LogP contribution < -0.4 is 14.8 Å². The number of benzene rings is 2. The highest BCUT2D eigenvalue weighted by atomic mass is 79.9. The topological polar surface area (TPSA) is 67.9 Å². The molecular weight excluding hydrogens is 419 g/mol. The van der Waals surface area contributed by atoms with Gasteiger partial charge in [0.2, 0.25) is 0 Å². The Hall–Kier alpha value is -2.87. The molecule has 6 nitrogen and oxygen atoms in total. The Morgan fingerprint density at radius 3 is 2.52 bits per heavy atom. The van der Waals surface area contributed by atoms with Gasteiger partial charge < -0.3 is 14.8 Å². The average molecular weight is 435 g/mol. The van der Waals surface area contributed by atoms with E-state index in [1.54, 1.807) is 24.3 Å². The van der Waals surface area contributed by atoms with Crippen molar-refractivity contribution >= 4 is 33.9 Å². The van der Waals surface area contributed by atoms with Crippen LogP contribution in [-0.4, -0.2) is 31.1 Å². The van der Waals surface area contributed by atoms with Crippen LogP contribution in [0.15, 0.2) is 46.6 Å². The van der Waals surface area contributed by atoms with E-state index in [-0.39, 0.29) is 17.8 Å². The maximum Gasteiger partial charge on any atom is 0.329 e. The Balaban J connectivity index is 1.91. The van der Waals surface area contributed by atoms with Crippen LogP contribution in [0, 0.1) is 5.82 Å². The fourth-order valence-electron chi connectivity index (χ4n) is 2.66. The molecule has 1 aliphatic heterocycles. The molecule has 1 saturated heterocycles. The van der Waals surface area contributed by atoms with Crippen LogP contribution in [0.5, 0.6) is 11.5 Å². The number of rotatable bonds is 5. The van der Waals surface area contributed by atoms with Gasteiger partial charge in [-0.1, -0.05) is 18.2 Å². The molecule has 2 aromatic carbocycles. The molecule has 3 amide bonds. The molecule has 0 spiro atoms. The van der Waals surface area contributed by atoms with Gasteiger partial charge in [0, 0.05) is 17.2 Å². The second-order valence-corrected chi connectivity index (χ2v) is 6.55. The van der Waals surface area contributed by atoms with Crippen molar-refractivity contribution in [1.82, 2.24) is 10.2 Å². The van der Waals surface area contributed by atoms with Gasteiger partial charge in [-0.25, -0.2) is 9.18 Å². The smallest absolute Gasteiger partial charge is 0.329 e. The molecule has 0 aromatic heterocycles. The second-order valence-electron chi connectivity index (χ2n) is 5.70. The Morgan fingerprint density at radius 2 is 1.85 bits per heavy atom. The number of nitrogens with one attached hydrogen (secondary N) is 1. The maximum atomic E-state index is 13.8. The normalized spacial score (nSPS) is 15.3. The standard InChI is InChI=1S/C19H16BrFN2O4/c1-26-16-9-17(27-2)13(20)7-12(16)8-15-18(24)23(19(25)22-15)10-11-5-3-4-6-14(11)21/h3-9H,10H2,1-2H3,(H,22,25)/b15-8+. The first-order valence-electron chi connectivity index (χ1n) is 7.94. The number of hydrogen-bond acceptors (Lipinski definition) is 4. The molecule has 0 saturated carbocycles. The zero-order chi connectivity index (χ0) is 19.6. The van der Waals surface area contributed by atoms with Gasteiger partial charge in [-0.05, 0) is 34.1 Å². The molecular formula is C19H16BrFN2O4. The summed E-state index contributed by atoms with van der Waals surface area (Å²) < 4.78 is 25.0. The van der Waals surface area contributed by atoms with Gasteiger partial charge in [0.15, 0.2) is 0 Å². The third-order valence-corrected chi connectivity index (χ3v) is 4.67. The van der Waals surface area contributed by atoms with Crippen LogP contribution in [0.4, 0.5) is 9.18 Å². The molecule has 0 atom stereocenters. The number of methoxy groups -OCH3 is 2. The highest BCUT2D eigenvalue weighted by Crippen LogP contribution is 2.34. The lowest BCUT2D eigenvalue weighted by Gasteiger charge is -2.12. The molecule has 0 unspecified atom stereocenters. The van der Waals surface area contributed by atoms with Crippen LogP contribution >= 0.6 is 15.9 Å². The summed E-state index contributed by atoms with van der Waals surface area (Å²) in [6.07, 6.45) is 1.50. The Labute approximate surface area is 163 Å². The molecule has 1 aliphatic rings. The highest BCUT2D eigenvalue weighted by Gasteiger charge is 2.34. The zero-order valence-corrected chi connectivity index (χ0v) is 16.2. The Morgan fingerprint density at radius 1 is 1.15 bits per heavy atom. The molecule has 0 bridgehead atoms. The van der Waals surface area contributed by atoms with Crippen molar-refractivity contribution < 1.29 is 23.5 Å². The van der Waals surface area contributed by atoms with Crippen molar-refractivity contribution in [2.24, 2.45) is 0 Å². The van der Waals surface area contributed by atoms with Crippen LogP contribution in [0.2, 0.25) is 0 Å². The van der Waals surface area contributed by atoms with Crippen molar-refractivity contribution in [2.45, 2.75) is 6.54 Å². The number of ether oxygens (including phenoxy) is 2. The largest absolute Gasteiger partial charge is 0.496 e. The van der Waals surface area contributed by atoms with Crippen molar-refractivity contribution in [2.75, 3.05) is 14.2 Å². The van der Waals surface area contributed by atoms with E-state index in [1.807, 2.05) is 0 Å². The van der Waals surface area contributed by atoms with Gasteiger partial charge in [-0.15, -0.1) is 0 Å². The lowest BCUT2D eigenvalue weighted by Crippen LogP contribution is -2.30. The van der Waals surface area contributed by atoms with Gasteiger partial charge in [0.25, 0.3) is 5.91 Å². The third kappa shape index (κ3) is 3.80. The fourth-order valence-corrected chi connectivity index (χ4v) is 3.19. The van der Waals surface area contributed by atoms with Crippen molar-refractivity contribution in [1.29, 1.82) is 0 Å². The number of halogens is 2. The number of hydrogen-bond donors (Lipinski definition) is 1. The third-order valence-electron chi connectivity index (χ3n) is 4.05. The maximum absolute atomic E-state index is 13.8. The van der Waals surface area contributed by atoms with Crippen LogP contribution in [-0.2, 0) is 11.3 Å². The lowest BCUT2D eigenvalue weighted by atomic mass is 10.1. The summed E-state index contributed by atoms with van der Waals surface area (Å²) in [5.74, 6) is 0.0163. The summed E-state index contributed by atoms with van der Waals surface area (Å²) in [6, 6.07) is 8.77. The molecule has 2 aromatic rings. The highest BCUT2D eigenvalue weighted by molar-refractivity contribution is 9.10. The van der Waals surface area contributed by atoms with E-state index in [2.05, 4.69) is 21.2 Å². The first-order valence-corrected chi connectivity index (χ1v) is 8.73. The van der Waals surface area contributed by atoms with Gasteiger partial charge >= 0.3 is 6.03 Å². The summed E-state index contributed by atoms with van der Waals surface area (Å²) in [4.78, 5) is 25.8. The number of urea groups is 1. The molecule has 1 heterocycles. The van der Waals surface area contributed by atoms with E-state index < -0.39 is 17.8 Å². The number of carbonyl (C=O) groups excluding carboxylic acids is 2. The number of nitrogens with zero attached hydrogens (tertiary/aromatic N) is 1. The minimum Gasteiger partial charge on any atom is -0.496 e. The summed E-state index contributed by atoms with van der Waals surface area (Å²) >= 11 is 3.38. The van der Waals surface area contributed by atoms with Crippen LogP contribution in [0.1, 0.15) is 11.1 Å². The minimum atomic E-state index is -0.610. The van der Waals surface area contributed by atoms with Gasteiger partial charge in [-0.2, -0.15) is 0 Å². The predicted octanol–water partition coefficient (Wildman–Crippen LogP) is 3.70. The number of carbonyl (C=O) groups is 2. The zero-order valence-electron chi connectivity index (χ0n) is 14.6. The van der Waals surface area contributed by atoms with E-state index in [4.69, 9.17) is 9.47 Å². The van der Waals surface area contributed by atoms with Crippen molar-refractivity contribution in [3.8, 4) is 11.5 Å². The molecule has 140 valence electrons. The first-order chi connectivity index (χ1) is 12.9. The molecule has 8 heteroatoms. The monoisotopic (exact) mass is 434 g/mol. The van der Waals surface area contributed by atoms with E-state index in [9.17, 15) is 14.0 Å². The van der Waals surface area contributed by atoms with E-state index in [1.165, 1.54) is 32.4 Å². The van der Waals surface area contributed by atoms with E-state index in [0.29, 0.717) is 21.5 Å². The van der Waals surface area contributed by atoms with Crippen molar-refractivity contribution in [3.05, 3.63) is 63.5 Å². The molecule has 3 rings (SSSR count). The van der Waals surface area contributed by atoms with Gasteiger partial charge in [0.05, 0.1) is 25.2 Å². The quantitative estimate of drug-likeness (QED) is 0.575. The summed E-state index contributed by atoms with van der Waals surface area (Å²) in [5.41, 5.74) is 0.903. The van der Waals surface area contributed by atoms with Crippen LogP contribution in [0.25, 0.3) is 6.08 Å². The molecule has 0 radical (unpaired) electrons. The molecule has 1 N–H and O–H groups in total. The SMILES string of the molecule is COc1cc(OC)c(/C=C2/NC(=O)N(Cc3ccccc3F)C2=O)cc1Br. The van der Waals surface area contributed by atoms with E-state index >= 15 is 0 Å². The van der Waals surface area contributed by atoms with Crippen LogP contribution in [0.3, 0.4) is 0 Å². The Bertz CT molecular complexity index is 945. The Kier molecular flexibility index (Phi) is 5.46. The molecule has 27 heavy (non-hydrogen) atoms. The number of amides is 3. The van der Waals surface area contributed by atoms with Gasteiger partial charge in [-0.3, -0.25) is 9.69 Å². The average Bonchev–Trinajstić information content (AvgIpc) is 2.91. The number of imide groups is 1. The fraction of sp³-hybridized carbons (Fsp3) is 0.158. The predicted molar refractivity (Wildman–Crippen MR) is 101 cm³/mol. The van der Waals surface area contributed by atoms with E-state index in [0.717, 1.165) is 4.90 Å². The lowest BCUT2D eigenvalue weighted by molar-refractivity contribution is -0.123. The summed E-state index contributed by atoms with van der Waals surface area (Å²) in [6.45, 7) is -0.155. The summed E-state index contributed by atoms with van der Waals surface area (Å²) in [7, 11) is 3.02. The first kappa shape index (κ1) is 18.9. The minimum absolute atomic E-state index is 0.0757. The second kappa shape index (κ2) is 7.79.